The molecule has 1 rings (SSSR count). The predicted molar refractivity (Wildman–Crippen MR) is 64.7 cm³/mol. The minimum atomic E-state index is -0.503. The fourth-order valence-electron chi connectivity index (χ4n) is 1.37. The Balaban J connectivity index is 2.96. The lowest BCUT2D eigenvalue weighted by molar-refractivity contribution is 0.0593. The van der Waals surface area contributed by atoms with Gasteiger partial charge in [-0.3, -0.25) is 4.98 Å². The normalized spacial score (nSPS) is 9.47. The van der Waals surface area contributed by atoms with E-state index in [0.717, 1.165) is 13.0 Å². The van der Waals surface area contributed by atoms with Gasteiger partial charge in [-0.15, -0.1) is 6.42 Å². The monoisotopic (exact) mass is 233 g/mol. The van der Waals surface area contributed by atoms with Crippen molar-refractivity contribution in [3.05, 3.63) is 18.1 Å². The minimum absolute atomic E-state index is 0.183. The maximum atomic E-state index is 11.3. The number of carbonyl (C=O) groups excluding carboxylic acids is 1. The van der Waals surface area contributed by atoms with Crippen LogP contribution in [0, 0.1) is 12.3 Å². The Morgan fingerprint density at radius 3 is 2.94 bits per heavy atom. The highest BCUT2D eigenvalue weighted by Crippen LogP contribution is 2.10. The molecule has 0 N–H and O–H groups in total. The van der Waals surface area contributed by atoms with Gasteiger partial charge in [0.25, 0.3) is 0 Å². The third-order valence-electron chi connectivity index (χ3n) is 2.12. The molecule has 5 heteroatoms. The van der Waals surface area contributed by atoms with Gasteiger partial charge < -0.3 is 9.64 Å². The molecule has 1 aromatic rings. The van der Waals surface area contributed by atoms with Crippen LogP contribution in [0.15, 0.2) is 12.4 Å². The van der Waals surface area contributed by atoms with Crippen molar-refractivity contribution >= 4 is 11.8 Å². The van der Waals surface area contributed by atoms with E-state index in [-0.39, 0.29) is 5.69 Å². The molecule has 1 aromatic heterocycles. The van der Waals surface area contributed by atoms with Crippen LogP contribution in [0.2, 0.25) is 0 Å². The average Bonchev–Trinajstić information content (AvgIpc) is 2.37. The summed E-state index contributed by atoms with van der Waals surface area (Å²) in [4.78, 5) is 21.3. The molecule has 0 spiro atoms. The van der Waals surface area contributed by atoms with E-state index < -0.39 is 5.97 Å². The van der Waals surface area contributed by atoms with Crippen molar-refractivity contribution in [2.24, 2.45) is 0 Å². The summed E-state index contributed by atoms with van der Waals surface area (Å²) in [5.74, 6) is 2.64. The topological polar surface area (TPSA) is 55.3 Å². The van der Waals surface area contributed by atoms with Gasteiger partial charge in [-0.2, -0.15) is 0 Å². The van der Waals surface area contributed by atoms with Gasteiger partial charge >= 0.3 is 5.97 Å². The number of ether oxygens (including phenoxy) is 1. The first-order chi connectivity index (χ1) is 8.22. The van der Waals surface area contributed by atoms with E-state index in [1.54, 1.807) is 6.20 Å². The molecule has 5 nitrogen and oxygen atoms in total. The fourth-order valence-corrected chi connectivity index (χ4v) is 1.37. The lowest BCUT2D eigenvalue weighted by Crippen LogP contribution is -2.26. The van der Waals surface area contributed by atoms with Gasteiger partial charge in [0, 0.05) is 6.54 Å². The van der Waals surface area contributed by atoms with Crippen LogP contribution in [0.1, 0.15) is 23.8 Å². The zero-order valence-electron chi connectivity index (χ0n) is 10.0. The van der Waals surface area contributed by atoms with E-state index in [2.05, 4.69) is 20.6 Å². The summed E-state index contributed by atoms with van der Waals surface area (Å²) in [6.45, 7) is 3.25. The van der Waals surface area contributed by atoms with Gasteiger partial charge in [-0.25, -0.2) is 9.78 Å². The molecule has 90 valence electrons. The molecule has 0 fully saturated rings. The summed E-state index contributed by atoms with van der Waals surface area (Å²) >= 11 is 0. The van der Waals surface area contributed by atoms with Crippen LogP contribution in [-0.2, 0) is 4.74 Å². The third-order valence-corrected chi connectivity index (χ3v) is 2.12. The number of aromatic nitrogens is 2. The van der Waals surface area contributed by atoms with E-state index >= 15 is 0 Å². The fraction of sp³-hybridized carbons (Fsp3) is 0.417. The highest BCUT2D eigenvalue weighted by molar-refractivity contribution is 5.87. The first-order valence-corrected chi connectivity index (χ1v) is 5.31. The summed E-state index contributed by atoms with van der Waals surface area (Å²) in [5.41, 5.74) is 0.183. The number of esters is 1. The molecule has 0 unspecified atom stereocenters. The van der Waals surface area contributed by atoms with Crippen LogP contribution in [0.3, 0.4) is 0 Å². The molecule has 0 saturated carbocycles. The van der Waals surface area contributed by atoms with Crippen LogP contribution in [0.5, 0.6) is 0 Å². The SMILES string of the molecule is C#CCN(CCC)c1cncc(C(=O)OC)n1. The summed E-state index contributed by atoms with van der Waals surface area (Å²) < 4.78 is 4.59. The first-order valence-electron chi connectivity index (χ1n) is 5.31. The number of methoxy groups -OCH3 is 1. The Kier molecular flexibility index (Phi) is 4.95. The Labute approximate surface area is 101 Å². The molecule has 0 aliphatic carbocycles. The van der Waals surface area contributed by atoms with E-state index in [1.165, 1.54) is 13.3 Å². The zero-order valence-corrected chi connectivity index (χ0v) is 10.0. The first kappa shape index (κ1) is 13.0. The number of hydrogen-bond donors (Lipinski definition) is 0. The summed E-state index contributed by atoms with van der Waals surface area (Å²) in [5, 5.41) is 0. The molecule has 0 bridgehead atoms. The van der Waals surface area contributed by atoms with Crippen LogP contribution >= 0.6 is 0 Å². The van der Waals surface area contributed by atoms with Crippen molar-refractivity contribution in [3.63, 3.8) is 0 Å². The quantitative estimate of drug-likeness (QED) is 0.563. The lowest BCUT2D eigenvalue weighted by atomic mass is 10.4. The molecule has 0 aliphatic rings. The summed E-state index contributed by atoms with van der Waals surface area (Å²) in [7, 11) is 1.31. The van der Waals surface area contributed by atoms with E-state index in [9.17, 15) is 4.79 Å². The number of nitrogens with zero attached hydrogens (tertiary/aromatic N) is 3. The predicted octanol–water partition coefficient (Wildman–Crippen LogP) is 1.11. The average molecular weight is 233 g/mol. The number of rotatable bonds is 5. The Morgan fingerprint density at radius 2 is 2.35 bits per heavy atom. The van der Waals surface area contributed by atoms with Crippen molar-refractivity contribution in [1.29, 1.82) is 0 Å². The van der Waals surface area contributed by atoms with Gasteiger partial charge in [0.2, 0.25) is 0 Å². The van der Waals surface area contributed by atoms with Gasteiger partial charge in [0.15, 0.2) is 5.69 Å². The lowest BCUT2D eigenvalue weighted by Gasteiger charge is -2.20. The van der Waals surface area contributed by atoms with Crippen LogP contribution in [-0.4, -0.2) is 36.1 Å². The van der Waals surface area contributed by atoms with Crippen molar-refractivity contribution < 1.29 is 9.53 Å². The third kappa shape index (κ3) is 3.45. The second-order valence-electron chi connectivity index (χ2n) is 3.38. The van der Waals surface area contributed by atoms with Crippen molar-refractivity contribution in [1.82, 2.24) is 9.97 Å². The van der Waals surface area contributed by atoms with Crippen molar-refractivity contribution in [3.8, 4) is 12.3 Å². The molecule has 0 atom stereocenters. The van der Waals surface area contributed by atoms with Gasteiger partial charge in [0.1, 0.15) is 5.82 Å². The standard InChI is InChI=1S/C12H15N3O2/c1-4-6-15(7-5-2)11-9-13-8-10(14-11)12(16)17-3/h1,8-9H,5-7H2,2-3H3. The van der Waals surface area contributed by atoms with Gasteiger partial charge in [-0.05, 0) is 6.42 Å². The van der Waals surface area contributed by atoms with Crippen molar-refractivity contribution in [2.45, 2.75) is 13.3 Å². The van der Waals surface area contributed by atoms with E-state index in [4.69, 9.17) is 6.42 Å². The van der Waals surface area contributed by atoms with E-state index in [0.29, 0.717) is 12.4 Å². The summed E-state index contributed by atoms with van der Waals surface area (Å²) in [6, 6.07) is 0. The Morgan fingerprint density at radius 1 is 1.59 bits per heavy atom. The molecular weight excluding hydrogens is 218 g/mol. The largest absolute Gasteiger partial charge is 0.464 e. The number of carbonyl (C=O) groups is 1. The molecule has 0 aliphatic heterocycles. The maximum absolute atomic E-state index is 11.3. The van der Waals surface area contributed by atoms with Crippen LogP contribution in [0.25, 0.3) is 0 Å². The molecule has 0 aromatic carbocycles. The molecule has 17 heavy (non-hydrogen) atoms. The highest BCUT2D eigenvalue weighted by atomic mass is 16.5. The van der Waals surface area contributed by atoms with Crippen molar-refractivity contribution in [2.75, 3.05) is 25.1 Å². The number of terminal acetylenes is 1. The maximum Gasteiger partial charge on any atom is 0.358 e. The zero-order chi connectivity index (χ0) is 12.7. The Hall–Kier alpha value is -2.09. The van der Waals surface area contributed by atoms with E-state index in [1.807, 2.05) is 11.8 Å². The summed E-state index contributed by atoms with van der Waals surface area (Å²) in [6.07, 6.45) is 9.18. The van der Waals surface area contributed by atoms with Crippen LogP contribution in [0.4, 0.5) is 5.82 Å². The Bertz CT molecular complexity index is 426. The molecular formula is C12H15N3O2. The van der Waals surface area contributed by atoms with Gasteiger partial charge in [0.05, 0.1) is 26.0 Å². The second-order valence-corrected chi connectivity index (χ2v) is 3.38. The number of hydrogen-bond acceptors (Lipinski definition) is 5. The minimum Gasteiger partial charge on any atom is -0.464 e. The molecule has 0 saturated heterocycles. The molecule has 0 amide bonds. The number of anilines is 1. The highest BCUT2D eigenvalue weighted by Gasteiger charge is 2.11. The molecule has 0 radical (unpaired) electrons. The van der Waals surface area contributed by atoms with Crippen LogP contribution < -0.4 is 4.90 Å². The smallest absolute Gasteiger partial charge is 0.358 e. The molecule has 1 heterocycles. The second kappa shape index (κ2) is 6.48. The van der Waals surface area contributed by atoms with Gasteiger partial charge in [-0.1, -0.05) is 12.8 Å².